The standard InChI is InChI=1S/C16H21N3O2S/c1-11-3-5-13(6-4-11)15-12(2)16(18-22(15,20)21)19-9-7-14(17)8-10-19/h3-6,14H,7-10,17H2,1-2H3. The fourth-order valence-electron chi connectivity index (χ4n) is 3.00. The molecule has 5 nitrogen and oxygen atoms in total. The van der Waals surface area contributed by atoms with E-state index >= 15 is 0 Å². The molecule has 0 radical (unpaired) electrons. The number of likely N-dealkylation sites (tertiary alicyclic amines) is 1. The van der Waals surface area contributed by atoms with Crippen LogP contribution in [0.2, 0.25) is 0 Å². The summed E-state index contributed by atoms with van der Waals surface area (Å²) in [6.07, 6.45) is 1.73. The van der Waals surface area contributed by atoms with Crippen molar-refractivity contribution in [3.63, 3.8) is 0 Å². The van der Waals surface area contributed by atoms with Crippen LogP contribution in [-0.4, -0.2) is 38.3 Å². The number of nitrogens with two attached hydrogens (primary N) is 1. The molecule has 1 fully saturated rings. The van der Waals surface area contributed by atoms with Crippen LogP contribution in [0.15, 0.2) is 34.2 Å². The summed E-state index contributed by atoms with van der Waals surface area (Å²) >= 11 is 0. The Balaban J connectivity index is 1.99. The lowest BCUT2D eigenvalue weighted by molar-refractivity contribution is 0.314. The van der Waals surface area contributed by atoms with Crippen LogP contribution in [0.25, 0.3) is 4.91 Å². The van der Waals surface area contributed by atoms with Crippen molar-refractivity contribution in [2.24, 2.45) is 10.1 Å². The molecule has 0 atom stereocenters. The third kappa shape index (κ3) is 2.68. The minimum atomic E-state index is -3.62. The van der Waals surface area contributed by atoms with Gasteiger partial charge in [-0.2, -0.15) is 8.42 Å². The summed E-state index contributed by atoms with van der Waals surface area (Å²) in [6, 6.07) is 7.73. The van der Waals surface area contributed by atoms with E-state index < -0.39 is 10.0 Å². The predicted octanol–water partition coefficient (Wildman–Crippen LogP) is 1.89. The van der Waals surface area contributed by atoms with Gasteiger partial charge in [-0.05, 0) is 32.3 Å². The maximum absolute atomic E-state index is 12.5. The average molecular weight is 319 g/mol. The van der Waals surface area contributed by atoms with Crippen LogP contribution in [0.5, 0.6) is 0 Å². The Morgan fingerprint density at radius 1 is 1.14 bits per heavy atom. The second kappa shape index (κ2) is 5.52. The Labute approximate surface area is 131 Å². The van der Waals surface area contributed by atoms with Crippen LogP contribution in [0.1, 0.15) is 30.9 Å². The van der Waals surface area contributed by atoms with Gasteiger partial charge < -0.3 is 10.6 Å². The number of rotatable bonds is 1. The molecule has 6 heteroatoms. The third-order valence-electron chi connectivity index (χ3n) is 4.29. The van der Waals surface area contributed by atoms with E-state index in [1.54, 1.807) is 0 Å². The zero-order valence-electron chi connectivity index (χ0n) is 12.9. The summed E-state index contributed by atoms with van der Waals surface area (Å²) in [5.41, 5.74) is 8.46. The molecule has 1 aromatic carbocycles. The van der Waals surface area contributed by atoms with Crippen molar-refractivity contribution in [1.29, 1.82) is 0 Å². The van der Waals surface area contributed by atoms with E-state index in [1.165, 1.54) is 0 Å². The van der Waals surface area contributed by atoms with Gasteiger partial charge in [-0.25, -0.2) is 0 Å². The van der Waals surface area contributed by atoms with Crippen LogP contribution >= 0.6 is 0 Å². The van der Waals surface area contributed by atoms with Gasteiger partial charge in [-0.3, -0.25) is 0 Å². The molecule has 2 N–H and O–H groups in total. The zero-order chi connectivity index (χ0) is 15.9. The monoisotopic (exact) mass is 319 g/mol. The predicted molar refractivity (Wildman–Crippen MR) is 88.9 cm³/mol. The van der Waals surface area contributed by atoms with Crippen molar-refractivity contribution in [2.45, 2.75) is 32.7 Å². The third-order valence-corrected chi connectivity index (χ3v) is 5.76. The van der Waals surface area contributed by atoms with Gasteiger partial charge in [-0.15, -0.1) is 4.40 Å². The van der Waals surface area contributed by atoms with Gasteiger partial charge in [-0.1, -0.05) is 29.8 Å². The van der Waals surface area contributed by atoms with E-state index in [2.05, 4.69) is 4.40 Å². The Morgan fingerprint density at radius 2 is 1.73 bits per heavy atom. The number of piperidine rings is 1. The van der Waals surface area contributed by atoms with Gasteiger partial charge in [0.2, 0.25) is 0 Å². The first kappa shape index (κ1) is 15.2. The van der Waals surface area contributed by atoms with Gasteiger partial charge in [0.05, 0.1) is 0 Å². The Kier molecular flexibility index (Phi) is 3.82. The van der Waals surface area contributed by atoms with Crippen molar-refractivity contribution >= 4 is 20.8 Å². The normalized spacial score (nSPS) is 22.1. The molecule has 0 bridgehead atoms. The molecular formula is C16H21N3O2S. The number of benzene rings is 1. The Hall–Kier alpha value is -1.66. The lowest BCUT2D eigenvalue weighted by atomic mass is 10.0. The van der Waals surface area contributed by atoms with E-state index in [0.717, 1.165) is 37.1 Å². The van der Waals surface area contributed by atoms with Crippen LogP contribution < -0.4 is 5.73 Å². The highest BCUT2D eigenvalue weighted by molar-refractivity contribution is 8.00. The fraction of sp³-hybridized carbons (Fsp3) is 0.438. The summed E-state index contributed by atoms with van der Waals surface area (Å²) in [5, 5.41) is 0. The first-order valence-corrected chi connectivity index (χ1v) is 8.96. The van der Waals surface area contributed by atoms with Gasteiger partial charge in [0.15, 0.2) is 0 Å². The number of aryl methyl sites for hydroxylation is 1. The molecule has 118 valence electrons. The highest BCUT2D eigenvalue weighted by atomic mass is 32.2. The summed E-state index contributed by atoms with van der Waals surface area (Å²) in [4.78, 5) is 2.37. The fourth-order valence-corrected chi connectivity index (χ4v) is 4.48. The molecule has 22 heavy (non-hydrogen) atoms. The van der Waals surface area contributed by atoms with Crippen LogP contribution in [0.3, 0.4) is 0 Å². The molecule has 2 aliphatic heterocycles. The number of hydrogen-bond acceptors (Lipinski definition) is 4. The number of nitrogens with zero attached hydrogens (tertiary/aromatic N) is 2. The van der Waals surface area contributed by atoms with Crippen molar-refractivity contribution in [2.75, 3.05) is 13.1 Å². The first-order chi connectivity index (χ1) is 10.4. The van der Waals surface area contributed by atoms with E-state index in [9.17, 15) is 8.42 Å². The number of amidine groups is 1. The Bertz CT molecular complexity index is 740. The van der Waals surface area contributed by atoms with Gasteiger partial charge in [0.1, 0.15) is 10.7 Å². The van der Waals surface area contributed by atoms with Crippen molar-refractivity contribution in [3.05, 3.63) is 41.0 Å². The van der Waals surface area contributed by atoms with Crippen LogP contribution in [0, 0.1) is 6.92 Å². The second-order valence-electron chi connectivity index (χ2n) is 6.03. The maximum Gasteiger partial charge on any atom is 0.285 e. The highest BCUT2D eigenvalue weighted by Gasteiger charge is 2.34. The van der Waals surface area contributed by atoms with Gasteiger partial charge >= 0.3 is 0 Å². The average Bonchev–Trinajstić information content (AvgIpc) is 2.71. The van der Waals surface area contributed by atoms with Gasteiger partial charge in [0.25, 0.3) is 10.0 Å². The molecule has 0 aliphatic carbocycles. The maximum atomic E-state index is 12.5. The molecule has 3 rings (SSSR count). The van der Waals surface area contributed by atoms with Gasteiger partial charge in [0, 0.05) is 24.7 Å². The largest absolute Gasteiger partial charge is 0.356 e. The summed E-state index contributed by atoms with van der Waals surface area (Å²) < 4.78 is 29.0. The quantitative estimate of drug-likeness (QED) is 0.857. The lowest BCUT2D eigenvalue weighted by Gasteiger charge is -2.31. The second-order valence-corrected chi connectivity index (χ2v) is 7.58. The highest BCUT2D eigenvalue weighted by Crippen LogP contribution is 2.34. The molecule has 0 spiro atoms. The zero-order valence-corrected chi connectivity index (χ0v) is 13.7. The molecule has 1 saturated heterocycles. The molecule has 0 saturated carbocycles. The van der Waals surface area contributed by atoms with Crippen molar-refractivity contribution < 1.29 is 8.42 Å². The topological polar surface area (TPSA) is 75.8 Å². The minimum Gasteiger partial charge on any atom is -0.356 e. The van der Waals surface area contributed by atoms with E-state index in [-0.39, 0.29) is 6.04 Å². The summed E-state index contributed by atoms with van der Waals surface area (Å²) in [7, 11) is -3.62. The molecule has 0 unspecified atom stereocenters. The van der Waals surface area contributed by atoms with E-state index in [0.29, 0.717) is 16.3 Å². The Morgan fingerprint density at radius 3 is 2.32 bits per heavy atom. The van der Waals surface area contributed by atoms with E-state index in [1.807, 2.05) is 43.0 Å². The molecule has 1 aromatic rings. The van der Waals surface area contributed by atoms with Crippen LogP contribution in [0.4, 0.5) is 0 Å². The summed E-state index contributed by atoms with van der Waals surface area (Å²) in [5.74, 6) is 0.586. The molecular weight excluding hydrogens is 298 g/mol. The molecule has 0 amide bonds. The molecule has 2 aliphatic rings. The van der Waals surface area contributed by atoms with E-state index in [4.69, 9.17) is 5.73 Å². The lowest BCUT2D eigenvalue weighted by Crippen LogP contribution is -2.42. The van der Waals surface area contributed by atoms with Crippen LogP contribution in [-0.2, 0) is 10.0 Å². The number of sulfonamides is 1. The van der Waals surface area contributed by atoms with Crippen molar-refractivity contribution in [1.82, 2.24) is 4.90 Å². The first-order valence-electron chi connectivity index (χ1n) is 7.52. The minimum absolute atomic E-state index is 0.204. The smallest absolute Gasteiger partial charge is 0.285 e. The molecule has 0 aromatic heterocycles. The summed E-state index contributed by atoms with van der Waals surface area (Å²) in [6.45, 7) is 5.34. The number of hydrogen-bond donors (Lipinski definition) is 1. The SMILES string of the molecule is CC1=C(c2ccc(C)cc2)S(=O)(=O)N=C1N1CCC(N)CC1. The molecule has 2 heterocycles. The van der Waals surface area contributed by atoms with Crippen molar-refractivity contribution in [3.8, 4) is 0 Å².